The number of nitrogens with one attached hydrogen (secondary N) is 1. The molecule has 170 valence electrons. The summed E-state index contributed by atoms with van der Waals surface area (Å²) in [5.41, 5.74) is 7.15. The molecule has 3 heterocycles. The van der Waals surface area contributed by atoms with E-state index in [1.165, 1.54) is 23.5 Å². The maximum absolute atomic E-state index is 12.6. The van der Waals surface area contributed by atoms with E-state index in [4.69, 9.17) is 17.3 Å². The number of aromatic nitrogens is 2. The number of carbonyl (C=O) groups excluding carboxylic acids is 1. The standard InChI is InChI=1S/C21H25ClN6O3S/c1-12(23)14(9-24-13(2)28-7-5-4-6-8-28)18-17(21(30)31)16(11-32-18)26-20(29)15-10-25-27(3)19(15)22/h9-11H,2,4-8,23H2,1,3H3,(H,26,29)(H,30,31)/b14-12+,24-9?. The van der Waals surface area contributed by atoms with Crippen molar-refractivity contribution in [2.45, 2.75) is 26.2 Å². The fraction of sp³-hybridized carbons (Fsp3) is 0.333. The second kappa shape index (κ2) is 10.0. The van der Waals surface area contributed by atoms with Crippen LogP contribution in [0.15, 0.2) is 34.7 Å². The first-order chi connectivity index (χ1) is 15.2. The number of hydrogen-bond acceptors (Lipinski definition) is 7. The lowest BCUT2D eigenvalue weighted by Crippen LogP contribution is -2.27. The average molecular weight is 477 g/mol. The monoisotopic (exact) mass is 476 g/mol. The molecular formula is C21H25ClN6O3S. The van der Waals surface area contributed by atoms with E-state index in [1.807, 2.05) is 0 Å². The van der Waals surface area contributed by atoms with Crippen molar-refractivity contribution in [3.63, 3.8) is 0 Å². The van der Waals surface area contributed by atoms with Crippen LogP contribution in [0.25, 0.3) is 5.57 Å². The van der Waals surface area contributed by atoms with Crippen molar-refractivity contribution in [2.75, 3.05) is 18.4 Å². The molecule has 1 aliphatic heterocycles. The number of halogens is 1. The van der Waals surface area contributed by atoms with E-state index in [0.29, 0.717) is 22.0 Å². The molecule has 2 aromatic heterocycles. The number of aryl methyl sites for hydroxylation is 1. The molecule has 3 rings (SSSR count). The third kappa shape index (κ3) is 5.03. The molecule has 0 unspecified atom stereocenters. The highest BCUT2D eigenvalue weighted by Gasteiger charge is 2.24. The molecule has 2 aromatic rings. The second-order valence-corrected chi connectivity index (χ2v) is 8.64. The van der Waals surface area contributed by atoms with Gasteiger partial charge in [0.25, 0.3) is 5.91 Å². The van der Waals surface area contributed by atoms with E-state index in [2.05, 4.69) is 26.9 Å². The zero-order chi connectivity index (χ0) is 23.4. The fourth-order valence-electron chi connectivity index (χ4n) is 3.34. The molecule has 0 saturated carbocycles. The van der Waals surface area contributed by atoms with Crippen molar-refractivity contribution in [2.24, 2.45) is 17.8 Å². The Morgan fingerprint density at radius 3 is 2.62 bits per heavy atom. The summed E-state index contributed by atoms with van der Waals surface area (Å²) < 4.78 is 1.35. The Hall–Kier alpha value is -3.11. The number of thiophene rings is 1. The van der Waals surface area contributed by atoms with Crippen LogP contribution < -0.4 is 11.1 Å². The topological polar surface area (TPSA) is 126 Å². The number of rotatable bonds is 7. The molecule has 4 N–H and O–H groups in total. The van der Waals surface area contributed by atoms with Crippen LogP contribution in [0.5, 0.6) is 0 Å². The zero-order valence-electron chi connectivity index (χ0n) is 17.9. The minimum atomic E-state index is -1.20. The molecule has 0 bridgehead atoms. The van der Waals surface area contributed by atoms with Crippen LogP contribution in [0.2, 0.25) is 5.15 Å². The SMILES string of the molecule is C=C(N=C/C(=C(/C)N)c1scc(NC(=O)c2cnn(C)c2Cl)c1C(=O)O)N1CCCCC1. The van der Waals surface area contributed by atoms with Crippen LogP contribution in [0, 0.1) is 0 Å². The van der Waals surface area contributed by atoms with Crippen LogP contribution >= 0.6 is 22.9 Å². The van der Waals surface area contributed by atoms with E-state index >= 15 is 0 Å². The summed E-state index contributed by atoms with van der Waals surface area (Å²) in [5, 5.41) is 18.1. The molecule has 0 spiro atoms. The largest absolute Gasteiger partial charge is 0.478 e. The number of aliphatic imine (C=N–C) groups is 1. The predicted molar refractivity (Wildman–Crippen MR) is 127 cm³/mol. The number of anilines is 1. The number of piperidine rings is 1. The van der Waals surface area contributed by atoms with E-state index in [0.717, 1.165) is 37.3 Å². The second-order valence-electron chi connectivity index (χ2n) is 7.40. The quantitative estimate of drug-likeness (QED) is 0.522. The van der Waals surface area contributed by atoms with Crippen LogP contribution in [-0.4, -0.2) is 51.0 Å². The first-order valence-electron chi connectivity index (χ1n) is 9.99. The first-order valence-corrected chi connectivity index (χ1v) is 11.2. The van der Waals surface area contributed by atoms with Crippen molar-refractivity contribution in [3.8, 4) is 0 Å². The van der Waals surface area contributed by atoms with E-state index in [-0.39, 0.29) is 22.0 Å². The summed E-state index contributed by atoms with van der Waals surface area (Å²) in [7, 11) is 1.60. The number of carbonyl (C=O) groups is 2. The number of carboxylic acid groups (broad SMARTS) is 1. The molecule has 0 radical (unpaired) electrons. The van der Waals surface area contributed by atoms with Gasteiger partial charge < -0.3 is 21.1 Å². The number of allylic oxidation sites excluding steroid dienone is 2. The molecule has 0 atom stereocenters. The van der Waals surface area contributed by atoms with Gasteiger partial charge in [0.1, 0.15) is 16.5 Å². The van der Waals surface area contributed by atoms with Crippen LogP contribution in [-0.2, 0) is 7.05 Å². The van der Waals surface area contributed by atoms with Gasteiger partial charge in [-0.05, 0) is 26.2 Å². The molecule has 1 saturated heterocycles. The van der Waals surface area contributed by atoms with Gasteiger partial charge in [0.15, 0.2) is 0 Å². The van der Waals surface area contributed by atoms with Crippen LogP contribution in [0.1, 0.15) is 51.8 Å². The van der Waals surface area contributed by atoms with Gasteiger partial charge in [-0.1, -0.05) is 18.2 Å². The maximum atomic E-state index is 12.6. The third-order valence-electron chi connectivity index (χ3n) is 5.10. The fourth-order valence-corrected chi connectivity index (χ4v) is 4.58. The average Bonchev–Trinajstić information content (AvgIpc) is 3.32. The summed E-state index contributed by atoms with van der Waals surface area (Å²) in [6, 6.07) is 0. The lowest BCUT2D eigenvalue weighted by Gasteiger charge is -2.28. The number of nitrogens with two attached hydrogens (primary N) is 1. The molecular weight excluding hydrogens is 452 g/mol. The van der Waals surface area contributed by atoms with Gasteiger partial charge >= 0.3 is 5.97 Å². The maximum Gasteiger partial charge on any atom is 0.339 e. The number of aromatic carboxylic acids is 1. The molecule has 0 aromatic carbocycles. The minimum absolute atomic E-state index is 0.0711. The molecule has 1 fully saturated rings. The Labute approximate surface area is 194 Å². The Balaban J connectivity index is 1.89. The Morgan fingerprint density at radius 2 is 2.06 bits per heavy atom. The minimum Gasteiger partial charge on any atom is -0.478 e. The normalized spacial score (nSPS) is 15.0. The highest BCUT2D eigenvalue weighted by Crippen LogP contribution is 2.34. The van der Waals surface area contributed by atoms with Gasteiger partial charge in [0, 0.05) is 43.0 Å². The lowest BCUT2D eigenvalue weighted by molar-refractivity contribution is 0.0698. The number of hydrogen-bond donors (Lipinski definition) is 3. The van der Waals surface area contributed by atoms with Gasteiger partial charge in [-0.15, -0.1) is 11.3 Å². The van der Waals surface area contributed by atoms with Crippen LogP contribution in [0.3, 0.4) is 0 Å². The Morgan fingerprint density at radius 1 is 1.38 bits per heavy atom. The number of carboxylic acids is 1. The number of nitrogens with zero attached hydrogens (tertiary/aromatic N) is 4. The van der Waals surface area contributed by atoms with Crippen LogP contribution in [0.4, 0.5) is 5.69 Å². The van der Waals surface area contributed by atoms with E-state index in [1.54, 1.807) is 19.4 Å². The van der Waals surface area contributed by atoms with Gasteiger partial charge in [-0.3, -0.25) is 9.48 Å². The highest BCUT2D eigenvalue weighted by molar-refractivity contribution is 7.12. The van der Waals surface area contributed by atoms with Gasteiger partial charge in [0.2, 0.25) is 0 Å². The highest BCUT2D eigenvalue weighted by atomic mass is 35.5. The summed E-state index contributed by atoms with van der Waals surface area (Å²) in [5.74, 6) is -1.15. The number of amides is 1. The van der Waals surface area contributed by atoms with Crippen molar-refractivity contribution in [1.82, 2.24) is 14.7 Å². The Kier molecular flexibility index (Phi) is 7.37. The summed E-state index contributed by atoms with van der Waals surface area (Å²) in [6.07, 6.45) is 6.22. The molecule has 1 aliphatic rings. The van der Waals surface area contributed by atoms with Crippen molar-refractivity contribution in [1.29, 1.82) is 0 Å². The van der Waals surface area contributed by atoms with Crippen molar-refractivity contribution >= 4 is 52.3 Å². The summed E-state index contributed by atoms with van der Waals surface area (Å²) in [4.78, 5) is 31.6. The number of likely N-dealkylation sites (tertiary alicyclic amines) is 1. The lowest BCUT2D eigenvalue weighted by atomic mass is 10.1. The van der Waals surface area contributed by atoms with E-state index in [9.17, 15) is 14.7 Å². The van der Waals surface area contributed by atoms with Gasteiger partial charge in [-0.2, -0.15) is 5.10 Å². The Bertz CT molecular complexity index is 1110. The smallest absolute Gasteiger partial charge is 0.339 e. The predicted octanol–water partition coefficient (Wildman–Crippen LogP) is 3.80. The van der Waals surface area contributed by atoms with Crippen molar-refractivity contribution in [3.05, 3.63) is 50.8 Å². The molecule has 32 heavy (non-hydrogen) atoms. The molecule has 1 amide bonds. The molecule has 0 aliphatic carbocycles. The third-order valence-corrected chi connectivity index (χ3v) is 6.56. The van der Waals surface area contributed by atoms with Crippen molar-refractivity contribution < 1.29 is 14.7 Å². The van der Waals surface area contributed by atoms with E-state index < -0.39 is 11.9 Å². The van der Waals surface area contributed by atoms with Gasteiger partial charge in [0.05, 0.1) is 22.3 Å². The summed E-state index contributed by atoms with van der Waals surface area (Å²) in [6.45, 7) is 7.48. The summed E-state index contributed by atoms with van der Waals surface area (Å²) >= 11 is 7.23. The zero-order valence-corrected chi connectivity index (χ0v) is 19.5. The first kappa shape index (κ1) is 23.6. The molecule has 9 nitrogen and oxygen atoms in total. The molecule has 11 heteroatoms. The van der Waals surface area contributed by atoms with Gasteiger partial charge in [-0.25, -0.2) is 9.79 Å².